The Bertz CT molecular complexity index is 727. The number of likely N-dealkylation sites (tertiary alicyclic amines) is 1. The van der Waals surface area contributed by atoms with Crippen LogP contribution >= 0.6 is 34.3 Å². The SMILES string of the molecule is CC1C(C(=O)O)CCN1C(=O)c1csc(-c2ccc(Cl)s2)n1. The minimum atomic E-state index is -0.852. The fraction of sp³-hybridized carbons (Fsp3) is 0.357. The standard InChI is InChI=1S/C14H13ClN2O3S2/c1-7-8(14(19)20)4-5-17(7)13(18)9-6-21-12(16-9)10-2-3-11(15)22-10/h2-3,6-8H,4-5H2,1H3,(H,19,20). The van der Waals surface area contributed by atoms with Crippen LogP contribution in [0.25, 0.3) is 9.88 Å². The van der Waals surface area contributed by atoms with E-state index in [1.165, 1.54) is 22.7 Å². The molecule has 0 radical (unpaired) electrons. The lowest BCUT2D eigenvalue weighted by Gasteiger charge is -2.22. The summed E-state index contributed by atoms with van der Waals surface area (Å²) in [6.07, 6.45) is 0.486. The van der Waals surface area contributed by atoms with Crippen LogP contribution in [0.15, 0.2) is 17.5 Å². The molecule has 3 heterocycles. The maximum absolute atomic E-state index is 12.5. The number of carboxylic acid groups (broad SMARTS) is 1. The zero-order chi connectivity index (χ0) is 15.9. The molecule has 1 aliphatic heterocycles. The molecule has 1 saturated heterocycles. The third-order valence-electron chi connectivity index (χ3n) is 3.84. The first-order chi connectivity index (χ1) is 10.5. The fourth-order valence-corrected chi connectivity index (χ4v) is 4.53. The van der Waals surface area contributed by atoms with Gasteiger partial charge in [0.2, 0.25) is 0 Å². The van der Waals surface area contributed by atoms with E-state index in [1.54, 1.807) is 23.3 Å². The number of amides is 1. The molecule has 0 aliphatic carbocycles. The van der Waals surface area contributed by atoms with E-state index >= 15 is 0 Å². The highest BCUT2D eigenvalue weighted by molar-refractivity contribution is 7.23. The van der Waals surface area contributed by atoms with E-state index in [0.29, 0.717) is 23.0 Å². The lowest BCUT2D eigenvalue weighted by atomic mass is 10.0. The Labute approximate surface area is 140 Å². The van der Waals surface area contributed by atoms with Crippen LogP contribution in [0, 0.1) is 5.92 Å². The van der Waals surface area contributed by atoms with Crippen LogP contribution in [0.5, 0.6) is 0 Å². The zero-order valence-corrected chi connectivity index (χ0v) is 14.0. The van der Waals surface area contributed by atoms with Gasteiger partial charge in [0, 0.05) is 18.0 Å². The van der Waals surface area contributed by atoms with Crippen molar-refractivity contribution in [2.24, 2.45) is 5.92 Å². The van der Waals surface area contributed by atoms with E-state index in [-0.39, 0.29) is 11.9 Å². The van der Waals surface area contributed by atoms with Gasteiger partial charge in [-0.15, -0.1) is 22.7 Å². The number of hydrogen-bond donors (Lipinski definition) is 1. The monoisotopic (exact) mass is 356 g/mol. The van der Waals surface area contributed by atoms with Gasteiger partial charge in [0.25, 0.3) is 5.91 Å². The van der Waals surface area contributed by atoms with Crippen LogP contribution in [-0.2, 0) is 4.79 Å². The lowest BCUT2D eigenvalue weighted by molar-refractivity contribution is -0.142. The molecule has 0 saturated carbocycles. The molecule has 2 atom stereocenters. The number of carbonyl (C=O) groups excluding carboxylic acids is 1. The van der Waals surface area contributed by atoms with Crippen molar-refractivity contribution in [3.8, 4) is 9.88 Å². The molecule has 0 aromatic carbocycles. The average molecular weight is 357 g/mol. The maximum atomic E-state index is 12.5. The van der Waals surface area contributed by atoms with Gasteiger partial charge in [-0.25, -0.2) is 4.98 Å². The van der Waals surface area contributed by atoms with Crippen molar-refractivity contribution in [3.63, 3.8) is 0 Å². The van der Waals surface area contributed by atoms with Gasteiger partial charge in [0.15, 0.2) is 0 Å². The van der Waals surface area contributed by atoms with Crippen LogP contribution in [0.3, 0.4) is 0 Å². The number of aromatic nitrogens is 1. The van der Waals surface area contributed by atoms with E-state index in [2.05, 4.69) is 4.98 Å². The van der Waals surface area contributed by atoms with Crippen molar-refractivity contribution in [3.05, 3.63) is 27.5 Å². The van der Waals surface area contributed by atoms with E-state index in [1.807, 2.05) is 6.07 Å². The molecule has 2 unspecified atom stereocenters. The molecule has 2 aromatic heterocycles. The first kappa shape index (κ1) is 15.5. The Kier molecular flexibility index (Phi) is 4.20. The summed E-state index contributed by atoms with van der Waals surface area (Å²) in [5, 5.41) is 11.6. The van der Waals surface area contributed by atoms with E-state index < -0.39 is 11.9 Å². The van der Waals surface area contributed by atoms with Gasteiger partial charge in [-0.3, -0.25) is 9.59 Å². The van der Waals surface area contributed by atoms with E-state index in [9.17, 15) is 9.59 Å². The molecule has 8 heteroatoms. The summed E-state index contributed by atoms with van der Waals surface area (Å²) in [5.41, 5.74) is 0.363. The third-order valence-corrected chi connectivity index (χ3v) is 6.08. The highest BCUT2D eigenvalue weighted by atomic mass is 35.5. The Morgan fingerprint density at radius 2 is 2.23 bits per heavy atom. The van der Waals surface area contributed by atoms with Crippen molar-refractivity contribution in [1.29, 1.82) is 0 Å². The average Bonchev–Trinajstić information content (AvgIpc) is 3.16. The molecule has 1 fully saturated rings. The summed E-state index contributed by atoms with van der Waals surface area (Å²) in [7, 11) is 0. The number of hydrogen-bond acceptors (Lipinski definition) is 5. The summed E-state index contributed by atoms with van der Waals surface area (Å²) >= 11 is 8.71. The number of carbonyl (C=O) groups is 2. The molecule has 3 rings (SSSR count). The second-order valence-electron chi connectivity index (χ2n) is 5.11. The molecular weight excluding hydrogens is 344 g/mol. The number of rotatable bonds is 3. The number of thiazole rings is 1. The minimum Gasteiger partial charge on any atom is -0.481 e. The summed E-state index contributed by atoms with van der Waals surface area (Å²) in [4.78, 5) is 30.6. The van der Waals surface area contributed by atoms with Crippen molar-refractivity contribution in [2.75, 3.05) is 6.54 Å². The summed E-state index contributed by atoms with van der Waals surface area (Å²) < 4.78 is 0.676. The first-order valence-electron chi connectivity index (χ1n) is 6.72. The van der Waals surface area contributed by atoms with Gasteiger partial charge in [-0.1, -0.05) is 11.6 Å². The molecule has 2 aromatic rings. The highest BCUT2D eigenvalue weighted by Gasteiger charge is 2.38. The third kappa shape index (κ3) is 2.76. The molecule has 1 amide bonds. The molecule has 0 bridgehead atoms. The van der Waals surface area contributed by atoms with Crippen LogP contribution in [0.4, 0.5) is 0 Å². The van der Waals surface area contributed by atoms with Gasteiger partial charge in [-0.05, 0) is 25.5 Å². The number of carboxylic acids is 1. The Morgan fingerprint density at radius 3 is 2.82 bits per heavy atom. The maximum Gasteiger partial charge on any atom is 0.308 e. The number of nitrogens with zero attached hydrogens (tertiary/aromatic N) is 2. The predicted molar refractivity (Wildman–Crippen MR) is 86.7 cm³/mol. The van der Waals surface area contributed by atoms with Crippen LogP contribution in [-0.4, -0.2) is 39.5 Å². The first-order valence-corrected chi connectivity index (χ1v) is 8.80. The quantitative estimate of drug-likeness (QED) is 0.914. The predicted octanol–water partition coefficient (Wildman–Crippen LogP) is 3.46. The molecule has 0 spiro atoms. The normalized spacial score (nSPS) is 21.3. The minimum absolute atomic E-state index is 0.207. The number of halogens is 1. The largest absolute Gasteiger partial charge is 0.481 e. The second kappa shape index (κ2) is 5.98. The van der Waals surface area contributed by atoms with Gasteiger partial charge in [0.1, 0.15) is 10.7 Å². The van der Waals surface area contributed by atoms with E-state index in [4.69, 9.17) is 16.7 Å². The summed E-state index contributed by atoms with van der Waals surface area (Å²) in [6.45, 7) is 2.23. The van der Waals surface area contributed by atoms with Crippen LogP contribution in [0.2, 0.25) is 4.34 Å². The molecule has 1 N–H and O–H groups in total. The van der Waals surface area contributed by atoms with Crippen molar-refractivity contribution < 1.29 is 14.7 Å². The number of thiophene rings is 1. The lowest BCUT2D eigenvalue weighted by Crippen LogP contribution is -2.37. The summed E-state index contributed by atoms with van der Waals surface area (Å²) in [6, 6.07) is 3.36. The van der Waals surface area contributed by atoms with Crippen molar-refractivity contribution >= 4 is 46.2 Å². The zero-order valence-electron chi connectivity index (χ0n) is 11.7. The van der Waals surface area contributed by atoms with Gasteiger partial charge >= 0.3 is 5.97 Å². The van der Waals surface area contributed by atoms with Gasteiger partial charge in [-0.2, -0.15) is 0 Å². The second-order valence-corrected chi connectivity index (χ2v) is 7.69. The molecule has 1 aliphatic rings. The Hall–Kier alpha value is -1.44. The van der Waals surface area contributed by atoms with Crippen LogP contribution in [0.1, 0.15) is 23.8 Å². The summed E-state index contributed by atoms with van der Waals surface area (Å²) in [5.74, 6) is -1.56. The van der Waals surface area contributed by atoms with E-state index in [0.717, 1.165) is 9.88 Å². The van der Waals surface area contributed by atoms with Gasteiger partial charge in [0.05, 0.1) is 15.1 Å². The fourth-order valence-electron chi connectivity index (χ4n) is 2.62. The Morgan fingerprint density at radius 1 is 1.45 bits per heavy atom. The Balaban J connectivity index is 1.79. The van der Waals surface area contributed by atoms with Crippen molar-refractivity contribution in [1.82, 2.24) is 9.88 Å². The molecule has 5 nitrogen and oxygen atoms in total. The smallest absolute Gasteiger partial charge is 0.308 e. The van der Waals surface area contributed by atoms with Gasteiger partial charge < -0.3 is 10.0 Å². The number of aliphatic carboxylic acids is 1. The molecule has 22 heavy (non-hydrogen) atoms. The molecular formula is C14H13ClN2O3S2. The molecule has 116 valence electrons. The van der Waals surface area contributed by atoms with Crippen LogP contribution < -0.4 is 0 Å². The van der Waals surface area contributed by atoms with Crippen molar-refractivity contribution in [2.45, 2.75) is 19.4 Å². The highest BCUT2D eigenvalue weighted by Crippen LogP contribution is 2.34. The topological polar surface area (TPSA) is 70.5 Å².